The van der Waals surface area contributed by atoms with Crippen LogP contribution >= 0.6 is 12.4 Å². The molecule has 0 radical (unpaired) electrons. The Bertz CT molecular complexity index is 766. The van der Waals surface area contributed by atoms with E-state index in [2.05, 4.69) is 10.6 Å². The standard InChI is InChI=1S/C21H27N3O2.ClH/c1-4-21(5-2,14-22)20(26)24-18-13-9-12-17(15(18)3)23-19(25)16-10-7-6-8-11-16;/h6-13H,4-5,14,22H2,1-3H3,(H,23,25)(H,24,26);1H. The number of carbonyl (C=O) groups excluding carboxylic acids is 2. The molecule has 0 heterocycles. The normalized spacial score (nSPS) is 10.7. The molecule has 0 aliphatic heterocycles. The lowest BCUT2D eigenvalue weighted by Gasteiger charge is -2.29. The maximum atomic E-state index is 12.8. The minimum Gasteiger partial charge on any atom is -0.329 e. The van der Waals surface area contributed by atoms with Gasteiger partial charge in [-0.25, -0.2) is 0 Å². The number of carbonyl (C=O) groups is 2. The van der Waals surface area contributed by atoms with E-state index in [-0.39, 0.29) is 24.2 Å². The average Bonchev–Trinajstić information content (AvgIpc) is 2.67. The summed E-state index contributed by atoms with van der Waals surface area (Å²) in [6.45, 7) is 6.12. The molecule has 0 saturated carbocycles. The molecule has 0 spiro atoms. The van der Waals surface area contributed by atoms with Gasteiger partial charge >= 0.3 is 0 Å². The van der Waals surface area contributed by atoms with E-state index in [1.54, 1.807) is 12.1 Å². The second kappa shape index (κ2) is 10.1. The highest BCUT2D eigenvalue weighted by Gasteiger charge is 2.33. The lowest BCUT2D eigenvalue weighted by Crippen LogP contribution is -2.41. The predicted molar refractivity (Wildman–Crippen MR) is 114 cm³/mol. The van der Waals surface area contributed by atoms with Gasteiger partial charge in [0, 0.05) is 23.5 Å². The van der Waals surface area contributed by atoms with Gasteiger partial charge in [-0.3, -0.25) is 9.59 Å². The summed E-state index contributed by atoms with van der Waals surface area (Å²) < 4.78 is 0. The number of halogens is 1. The van der Waals surface area contributed by atoms with Crippen LogP contribution in [0.5, 0.6) is 0 Å². The van der Waals surface area contributed by atoms with Crippen molar-refractivity contribution in [1.82, 2.24) is 0 Å². The molecule has 0 saturated heterocycles. The molecule has 0 bridgehead atoms. The molecular formula is C21H28ClN3O2. The molecule has 0 aliphatic rings. The van der Waals surface area contributed by atoms with Crippen LogP contribution in [0.1, 0.15) is 42.6 Å². The van der Waals surface area contributed by atoms with Crippen molar-refractivity contribution < 1.29 is 9.59 Å². The van der Waals surface area contributed by atoms with Crippen LogP contribution in [0.25, 0.3) is 0 Å². The molecule has 4 N–H and O–H groups in total. The smallest absolute Gasteiger partial charge is 0.255 e. The lowest BCUT2D eigenvalue weighted by molar-refractivity contribution is -0.125. The van der Waals surface area contributed by atoms with Gasteiger partial charge in [0.1, 0.15) is 0 Å². The Kier molecular flexibility index (Phi) is 8.47. The van der Waals surface area contributed by atoms with Crippen LogP contribution in [-0.2, 0) is 4.79 Å². The first kappa shape index (κ1) is 22.7. The number of amides is 2. The molecule has 0 aromatic heterocycles. The van der Waals surface area contributed by atoms with E-state index >= 15 is 0 Å². The van der Waals surface area contributed by atoms with Gasteiger partial charge in [-0.15, -0.1) is 12.4 Å². The van der Waals surface area contributed by atoms with Crippen LogP contribution < -0.4 is 16.4 Å². The van der Waals surface area contributed by atoms with Crippen LogP contribution in [0, 0.1) is 12.3 Å². The summed E-state index contributed by atoms with van der Waals surface area (Å²) in [5.41, 5.74) is 8.03. The number of nitrogens with one attached hydrogen (secondary N) is 2. The largest absolute Gasteiger partial charge is 0.329 e. The molecule has 0 aliphatic carbocycles. The van der Waals surface area contributed by atoms with Gasteiger partial charge in [0.2, 0.25) is 5.91 Å². The van der Waals surface area contributed by atoms with Crippen molar-refractivity contribution in [1.29, 1.82) is 0 Å². The van der Waals surface area contributed by atoms with Gasteiger partial charge in [0.25, 0.3) is 5.91 Å². The van der Waals surface area contributed by atoms with E-state index in [1.807, 2.05) is 57.2 Å². The van der Waals surface area contributed by atoms with Crippen molar-refractivity contribution in [3.63, 3.8) is 0 Å². The third kappa shape index (κ3) is 5.08. The van der Waals surface area contributed by atoms with Crippen molar-refractivity contribution >= 4 is 35.6 Å². The molecule has 0 unspecified atom stereocenters. The highest BCUT2D eigenvalue weighted by atomic mass is 35.5. The van der Waals surface area contributed by atoms with E-state index < -0.39 is 5.41 Å². The van der Waals surface area contributed by atoms with Crippen LogP contribution in [0.2, 0.25) is 0 Å². The second-order valence-electron chi connectivity index (χ2n) is 6.44. The highest BCUT2D eigenvalue weighted by Crippen LogP contribution is 2.29. The third-order valence-corrected chi connectivity index (χ3v) is 5.09. The Morgan fingerprint density at radius 2 is 1.48 bits per heavy atom. The number of hydrogen-bond donors (Lipinski definition) is 3. The Morgan fingerprint density at radius 1 is 0.926 bits per heavy atom. The number of hydrogen-bond acceptors (Lipinski definition) is 3. The van der Waals surface area contributed by atoms with E-state index in [1.165, 1.54) is 0 Å². The Labute approximate surface area is 167 Å². The summed E-state index contributed by atoms with van der Waals surface area (Å²) in [7, 11) is 0. The van der Waals surface area contributed by atoms with E-state index in [0.717, 1.165) is 5.56 Å². The third-order valence-electron chi connectivity index (χ3n) is 5.09. The number of anilines is 2. The van der Waals surface area contributed by atoms with Crippen molar-refractivity contribution in [3.8, 4) is 0 Å². The fourth-order valence-electron chi connectivity index (χ4n) is 2.90. The lowest BCUT2D eigenvalue weighted by atomic mass is 9.81. The first-order valence-corrected chi connectivity index (χ1v) is 8.95. The number of rotatable bonds is 7. The summed E-state index contributed by atoms with van der Waals surface area (Å²) in [5.74, 6) is -0.268. The summed E-state index contributed by atoms with van der Waals surface area (Å²) in [6.07, 6.45) is 1.35. The first-order valence-electron chi connectivity index (χ1n) is 8.95. The summed E-state index contributed by atoms with van der Waals surface area (Å²) >= 11 is 0. The zero-order valence-corrected chi connectivity index (χ0v) is 16.9. The summed E-state index contributed by atoms with van der Waals surface area (Å²) in [4.78, 5) is 25.1. The summed E-state index contributed by atoms with van der Waals surface area (Å²) in [5, 5.41) is 5.89. The fraction of sp³-hybridized carbons (Fsp3) is 0.333. The first-order chi connectivity index (χ1) is 12.5. The van der Waals surface area contributed by atoms with Crippen molar-refractivity contribution in [2.45, 2.75) is 33.6 Å². The molecular weight excluding hydrogens is 362 g/mol. The molecule has 0 atom stereocenters. The highest BCUT2D eigenvalue weighted by molar-refractivity contribution is 6.05. The Morgan fingerprint density at radius 3 is 2.00 bits per heavy atom. The molecule has 146 valence electrons. The maximum absolute atomic E-state index is 12.8. The number of benzene rings is 2. The fourth-order valence-corrected chi connectivity index (χ4v) is 2.90. The van der Waals surface area contributed by atoms with E-state index in [4.69, 9.17) is 5.73 Å². The Balaban J connectivity index is 0.00000364. The van der Waals surface area contributed by atoms with Gasteiger partial charge in [0.05, 0.1) is 5.41 Å². The van der Waals surface area contributed by atoms with Gasteiger partial charge in [-0.1, -0.05) is 38.1 Å². The summed E-state index contributed by atoms with van der Waals surface area (Å²) in [6, 6.07) is 14.5. The van der Waals surface area contributed by atoms with Crippen molar-refractivity contribution in [2.75, 3.05) is 17.2 Å². The molecule has 2 amide bonds. The zero-order chi connectivity index (χ0) is 19.2. The minimum absolute atomic E-state index is 0. The van der Waals surface area contributed by atoms with Gasteiger partial charge < -0.3 is 16.4 Å². The van der Waals surface area contributed by atoms with Crippen LogP contribution in [0.4, 0.5) is 11.4 Å². The SMILES string of the molecule is CCC(CC)(CN)C(=O)Nc1cccc(NC(=O)c2ccccc2)c1C.Cl. The molecule has 27 heavy (non-hydrogen) atoms. The maximum Gasteiger partial charge on any atom is 0.255 e. The monoisotopic (exact) mass is 389 g/mol. The van der Waals surface area contributed by atoms with Crippen molar-refractivity contribution in [3.05, 3.63) is 59.7 Å². The topological polar surface area (TPSA) is 84.2 Å². The number of nitrogens with two attached hydrogens (primary N) is 1. The average molecular weight is 390 g/mol. The van der Waals surface area contributed by atoms with Gasteiger partial charge in [0.15, 0.2) is 0 Å². The molecule has 2 aromatic carbocycles. The minimum atomic E-state index is -0.574. The van der Waals surface area contributed by atoms with Crippen LogP contribution in [-0.4, -0.2) is 18.4 Å². The predicted octanol–water partition coefficient (Wildman–Crippen LogP) is 4.37. The molecule has 0 fully saturated rings. The van der Waals surface area contributed by atoms with Crippen LogP contribution in [0.3, 0.4) is 0 Å². The van der Waals surface area contributed by atoms with Gasteiger partial charge in [-0.05, 0) is 49.6 Å². The molecule has 5 nitrogen and oxygen atoms in total. The molecule has 2 aromatic rings. The quantitative estimate of drug-likeness (QED) is 0.657. The van der Waals surface area contributed by atoms with Crippen molar-refractivity contribution in [2.24, 2.45) is 11.1 Å². The van der Waals surface area contributed by atoms with E-state index in [0.29, 0.717) is 36.3 Å². The van der Waals surface area contributed by atoms with Gasteiger partial charge in [-0.2, -0.15) is 0 Å². The second-order valence-corrected chi connectivity index (χ2v) is 6.44. The molecule has 6 heteroatoms. The zero-order valence-electron chi connectivity index (χ0n) is 16.0. The van der Waals surface area contributed by atoms with E-state index in [9.17, 15) is 9.59 Å². The molecule has 2 rings (SSSR count). The Hall–Kier alpha value is -2.37. The van der Waals surface area contributed by atoms with Crippen LogP contribution in [0.15, 0.2) is 48.5 Å².